The van der Waals surface area contributed by atoms with Crippen LogP contribution in [0.5, 0.6) is 0 Å². The molecule has 3 nitrogen and oxygen atoms in total. The maximum atomic E-state index is 6.02. The third kappa shape index (κ3) is 3.79. The first-order valence-electron chi connectivity index (χ1n) is 7.06. The number of nitrogens with zero attached hydrogens (tertiary/aromatic N) is 2. The highest BCUT2D eigenvalue weighted by molar-refractivity contribution is 7.19. The summed E-state index contributed by atoms with van der Waals surface area (Å²) >= 11 is 1.62. The Morgan fingerprint density at radius 1 is 1.29 bits per heavy atom. The third-order valence-corrected chi connectivity index (χ3v) is 4.21. The van der Waals surface area contributed by atoms with Gasteiger partial charge >= 0.3 is 0 Å². The summed E-state index contributed by atoms with van der Waals surface area (Å²) in [5.41, 5.74) is 10.7. The van der Waals surface area contributed by atoms with Crippen LogP contribution in [0, 0.1) is 0 Å². The van der Waals surface area contributed by atoms with E-state index in [4.69, 9.17) is 5.73 Å². The van der Waals surface area contributed by atoms with Gasteiger partial charge in [0, 0.05) is 11.4 Å². The predicted molar refractivity (Wildman–Crippen MR) is 93.6 cm³/mol. The van der Waals surface area contributed by atoms with E-state index in [2.05, 4.69) is 36.0 Å². The van der Waals surface area contributed by atoms with Crippen LogP contribution in [0.15, 0.2) is 46.6 Å². The molecular formula is C17H21N3S. The molecular weight excluding hydrogens is 278 g/mol. The zero-order chi connectivity index (χ0) is 15.4. The van der Waals surface area contributed by atoms with Crippen molar-refractivity contribution in [3.63, 3.8) is 0 Å². The molecule has 0 fully saturated rings. The maximum Gasteiger partial charge on any atom is 0.144 e. The largest absolute Gasteiger partial charge is 0.400 e. The van der Waals surface area contributed by atoms with Gasteiger partial charge in [0.25, 0.3) is 0 Å². The number of hydrogen-bond donors (Lipinski definition) is 1. The molecule has 1 heterocycles. The molecule has 0 spiro atoms. The number of aliphatic imine (C=N–C) groups is 1. The first-order chi connectivity index (χ1) is 10.0. The summed E-state index contributed by atoms with van der Waals surface area (Å²) in [7, 11) is 0. The Hall–Kier alpha value is -1.94. The molecule has 0 radical (unpaired) electrons. The average Bonchev–Trinajstić information content (AvgIpc) is 2.87. The van der Waals surface area contributed by atoms with Crippen LogP contribution in [0.3, 0.4) is 0 Å². The maximum absolute atomic E-state index is 6.02. The Morgan fingerprint density at radius 2 is 2.00 bits per heavy atom. The number of rotatable bonds is 4. The Morgan fingerprint density at radius 3 is 2.62 bits per heavy atom. The Labute approximate surface area is 129 Å². The van der Waals surface area contributed by atoms with Gasteiger partial charge in [0.2, 0.25) is 0 Å². The summed E-state index contributed by atoms with van der Waals surface area (Å²) in [4.78, 5) is 9.31. The summed E-state index contributed by atoms with van der Waals surface area (Å²) in [6.45, 7) is 8.11. The molecule has 0 aliphatic rings. The normalized spacial score (nSPS) is 14.5. The lowest BCUT2D eigenvalue weighted by Crippen LogP contribution is -1.98. The molecule has 0 saturated carbocycles. The molecule has 0 amide bonds. The second-order valence-corrected chi connectivity index (χ2v) is 6.15. The van der Waals surface area contributed by atoms with Crippen molar-refractivity contribution in [3.05, 3.63) is 46.6 Å². The van der Waals surface area contributed by atoms with Crippen molar-refractivity contribution in [1.29, 1.82) is 0 Å². The first-order valence-corrected chi connectivity index (χ1v) is 7.87. The summed E-state index contributed by atoms with van der Waals surface area (Å²) in [6.07, 6.45) is 3.12. The van der Waals surface area contributed by atoms with E-state index in [9.17, 15) is 0 Å². The van der Waals surface area contributed by atoms with Gasteiger partial charge in [-0.1, -0.05) is 24.6 Å². The molecule has 0 saturated heterocycles. The highest BCUT2D eigenvalue weighted by Crippen LogP contribution is 2.28. The number of aromatic nitrogens is 1. The van der Waals surface area contributed by atoms with Crippen LogP contribution >= 0.6 is 11.3 Å². The van der Waals surface area contributed by atoms with Gasteiger partial charge in [-0.15, -0.1) is 11.3 Å². The molecule has 0 atom stereocenters. The number of benzene rings is 1. The summed E-state index contributed by atoms with van der Waals surface area (Å²) in [6, 6.07) is 8.09. The summed E-state index contributed by atoms with van der Waals surface area (Å²) in [5.74, 6) is 0. The Kier molecular flexibility index (Phi) is 4.91. The summed E-state index contributed by atoms with van der Waals surface area (Å²) in [5, 5.41) is 0.873. The van der Waals surface area contributed by atoms with Crippen molar-refractivity contribution in [2.45, 2.75) is 34.1 Å². The van der Waals surface area contributed by atoms with E-state index in [1.165, 1.54) is 5.57 Å². The monoisotopic (exact) mass is 299 g/mol. The van der Waals surface area contributed by atoms with Crippen molar-refractivity contribution < 1.29 is 0 Å². The molecule has 2 aromatic rings. The highest BCUT2D eigenvalue weighted by Gasteiger charge is 2.10. The number of hydrogen-bond acceptors (Lipinski definition) is 4. The molecule has 0 unspecified atom stereocenters. The van der Waals surface area contributed by atoms with Crippen LogP contribution in [-0.4, -0.2) is 10.7 Å². The number of nitrogens with two attached hydrogens (primary N) is 1. The van der Waals surface area contributed by atoms with Crippen molar-refractivity contribution in [3.8, 4) is 0 Å². The van der Waals surface area contributed by atoms with Crippen LogP contribution in [0.25, 0.3) is 15.9 Å². The van der Waals surface area contributed by atoms with Crippen molar-refractivity contribution >= 4 is 33.0 Å². The zero-order valence-corrected chi connectivity index (χ0v) is 13.8. The molecule has 2 rings (SSSR count). The second kappa shape index (κ2) is 6.68. The van der Waals surface area contributed by atoms with Gasteiger partial charge in [-0.05, 0) is 45.4 Å². The smallest absolute Gasteiger partial charge is 0.144 e. The van der Waals surface area contributed by atoms with Gasteiger partial charge < -0.3 is 5.73 Å². The van der Waals surface area contributed by atoms with E-state index in [-0.39, 0.29) is 0 Å². The zero-order valence-electron chi connectivity index (χ0n) is 13.0. The lowest BCUT2D eigenvalue weighted by atomic mass is 10.2. The first kappa shape index (κ1) is 15.4. The molecule has 0 bridgehead atoms. The molecule has 1 aromatic heterocycles. The van der Waals surface area contributed by atoms with Gasteiger partial charge in [0.1, 0.15) is 10.7 Å². The Bertz CT molecular complexity index is 698. The van der Waals surface area contributed by atoms with Crippen molar-refractivity contribution in [1.82, 2.24) is 4.98 Å². The van der Waals surface area contributed by atoms with Gasteiger partial charge in [-0.2, -0.15) is 0 Å². The van der Waals surface area contributed by atoms with Crippen LogP contribution < -0.4 is 5.73 Å². The minimum Gasteiger partial charge on any atom is -0.400 e. The number of allylic oxidation sites excluding steroid dienone is 3. The molecule has 4 heteroatoms. The van der Waals surface area contributed by atoms with Gasteiger partial charge in [-0.3, -0.25) is 0 Å². The fourth-order valence-electron chi connectivity index (χ4n) is 1.95. The quantitative estimate of drug-likeness (QED) is 0.827. The number of fused-ring (bicyclic) bond motifs is 1. The van der Waals surface area contributed by atoms with Crippen molar-refractivity contribution in [2.75, 3.05) is 0 Å². The fourth-order valence-corrected chi connectivity index (χ4v) is 2.97. The van der Waals surface area contributed by atoms with Gasteiger partial charge in [0.15, 0.2) is 0 Å². The van der Waals surface area contributed by atoms with Crippen molar-refractivity contribution in [2.24, 2.45) is 10.7 Å². The second-order valence-electron chi connectivity index (χ2n) is 5.12. The molecule has 2 N–H and O–H groups in total. The average molecular weight is 299 g/mol. The van der Waals surface area contributed by atoms with E-state index in [0.29, 0.717) is 5.70 Å². The Balaban J connectivity index is 2.45. The molecule has 1 aromatic carbocycles. The lowest BCUT2D eigenvalue weighted by molar-refractivity contribution is 1.10. The molecule has 0 aliphatic carbocycles. The predicted octanol–water partition coefficient (Wildman–Crippen LogP) is 4.76. The minimum absolute atomic E-state index is 0.691. The van der Waals surface area contributed by atoms with Gasteiger partial charge in [-0.25, -0.2) is 9.98 Å². The fraction of sp³-hybridized carbons (Fsp3) is 0.294. The van der Waals surface area contributed by atoms with E-state index < -0.39 is 0 Å². The van der Waals surface area contributed by atoms with E-state index >= 15 is 0 Å². The highest BCUT2D eigenvalue weighted by atomic mass is 32.1. The molecule has 110 valence electrons. The number of para-hydroxylation sites is 1. The molecule has 21 heavy (non-hydrogen) atoms. The van der Waals surface area contributed by atoms with Crippen LogP contribution in [-0.2, 0) is 0 Å². The van der Waals surface area contributed by atoms with Crippen LogP contribution in [0.2, 0.25) is 0 Å². The lowest BCUT2D eigenvalue weighted by Gasteiger charge is -2.02. The molecule has 0 aliphatic heterocycles. The standard InChI is InChI=1S/C17H21N3S/c1-5-11(2)10-12(3)19-16(13(4)18)17-20-14-8-6-7-9-15(14)21-17/h6-10H,5,18H2,1-4H3/b11-10+,16-13+,19-12+. The number of thiazole rings is 1. The SMILES string of the molecule is CC/C(C)=C/C(C)=N/C(=C(\C)N)c1nc2ccccc2s1. The summed E-state index contributed by atoms with van der Waals surface area (Å²) < 4.78 is 1.15. The van der Waals surface area contributed by atoms with Crippen LogP contribution in [0.4, 0.5) is 0 Å². The van der Waals surface area contributed by atoms with Crippen LogP contribution in [0.1, 0.15) is 39.1 Å². The topological polar surface area (TPSA) is 51.3 Å². The van der Waals surface area contributed by atoms with E-state index in [1.54, 1.807) is 11.3 Å². The minimum atomic E-state index is 0.691. The van der Waals surface area contributed by atoms with E-state index in [0.717, 1.165) is 33.1 Å². The van der Waals surface area contributed by atoms with E-state index in [1.807, 2.05) is 32.0 Å². The van der Waals surface area contributed by atoms with Gasteiger partial charge in [0.05, 0.1) is 10.2 Å². The third-order valence-electron chi connectivity index (χ3n) is 3.17.